The van der Waals surface area contributed by atoms with Crippen molar-refractivity contribution in [3.8, 4) is 0 Å². The van der Waals surface area contributed by atoms with Crippen LogP contribution in [0.15, 0.2) is 44.9 Å². The Kier molecular flexibility index (Phi) is 6.82. The highest BCUT2D eigenvalue weighted by Crippen LogP contribution is 2.27. The van der Waals surface area contributed by atoms with Crippen molar-refractivity contribution < 1.29 is 22.7 Å². The highest BCUT2D eigenvalue weighted by atomic mass is 35.5. The predicted molar refractivity (Wildman–Crippen MR) is 123 cm³/mol. The summed E-state index contributed by atoms with van der Waals surface area (Å²) < 4.78 is 34.5. The van der Waals surface area contributed by atoms with E-state index < -0.39 is 27.8 Å². The standard InChI is InChI=1S/C20H20ClN3O5S3/c1-29-17(25)12-24-15-7-6-14(21)10-16(15)31-20(24)22-19(26)13-4-2-8-23(11-13)32(27,28)18-5-3-9-30-18/h3,5-7,9-10,13H,2,4,8,11-12H2,1H3. The van der Waals surface area contributed by atoms with Gasteiger partial charge in [-0.3, -0.25) is 9.59 Å². The van der Waals surface area contributed by atoms with Gasteiger partial charge in [0.25, 0.3) is 15.9 Å². The van der Waals surface area contributed by atoms with E-state index >= 15 is 0 Å². The molecule has 32 heavy (non-hydrogen) atoms. The minimum Gasteiger partial charge on any atom is -0.468 e. The summed E-state index contributed by atoms with van der Waals surface area (Å²) in [7, 11) is -2.34. The number of benzene rings is 1. The van der Waals surface area contributed by atoms with E-state index in [0.29, 0.717) is 34.7 Å². The molecule has 1 atom stereocenters. The Bertz CT molecular complexity index is 1330. The van der Waals surface area contributed by atoms with Crippen LogP contribution in [0.5, 0.6) is 0 Å². The minimum absolute atomic E-state index is 0.0797. The van der Waals surface area contributed by atoms with Crippen molar-refractivity contribution in [2.75, 3.05) is 20.2 Å². The van der Waals surface area contributed by atoms with Gasteiger partial charge in [-0.25, -0.2) is 8.42 Å². The predicted octanol–water partition coefficient (Wildman–Crippen LogP) is 3.12. The number of amides is 1. The molecule has 1 saturated heterocycles. The molecule has 0 aliphatic carbocycles. The van der Waals surface area contributed by atoms with Crippen LogP contribution in [0.25, 0.3) is 10.2 Å². The van der Waals surface area contributed by atoms with E-state index in [9.17, 15) is 18.0 Å². The Morgan fingerprint density at radius 2 is 2.12 bits per heavy atom. The van der Waals surface area contributed by atoms with Crippen LogP contribution >= 0.6 is 34.3 Å². The molecule has 1 amide bonds. The molecule has 4 rings (SSSR count). The molecular weight excluding hydrogens is 494 g/mol. The molecular formula is C20H20ClN3O5S3. The van der Waals surface area contributed by atoms with Gasteiger partial charge in [0.1, 0.15) is 10.8 Å². The number of nitrogens with zero attached hydrogens (tertiary/aromatic N) is 3. The number of hydrogen-bond donors (Lipinski definition) is 0. The van der Waals surface area contributed by atoms with Gasteiger partial charge in [0.15, 0.2) is 4.80 Å². The first-order chi connectivity index (χ1) is 15.3. The number of sulfonamides is 1. The molecule has 0 saturated carbocycles. The molecule has 0 N–H and O–H groups in total. The van der Waals surface area contributed by atoms with E-state index in [1.165, 1.54) is 22.8 Å². The van der Waals surface area contributed by atoms with Gasteiger partial charge in [-0.15, -0.1) is 11.3 Å². The number of carbonyl (C=O) groups excluding carboxylic acids is 2. The van der Waals surface area contributed by atoms with E-state index in [0.717, 1.165) is 16.0 Å². The van der Waals surface area contributed by atoms with Crippen molar-refractivity contribution in [2.24, 2.45) is 10.9 Å². The second-order valence-corrected chi connectivity index (χ2v) is 11.8. The van der Waals surface area contributed by atoms with Gasteiger partial charge < -0.3 is 9.30 Å². The van der Waals surface area contributed by atoms with Crippen LogP contribution in [0.1, 0.15) is 12.8 Å². The number of rotatable bonds is 5. The number of ether oxygens (including phenoxy) is 1. The average Bonchev–Trinajstić information content (AvgIpc) is 3.43. The molecule has 0 spiro atoms. The molecule has 8 nitrogen and oxygen atoms in total. The average molecular weight is 514 g/mol. The summed E-state index contributed by atoms with van der Waals surface area (Å²) in [6, 6.07) is 8.46. The van der Waals surface area contributed by atoms with Gasteiger partial charge in [0.05, 0.1) is 23.2 Å². The number of fused-ring (bicyclic) bond motifs is 1. The molecule has 0 radical (unpaired) electrons. The lowest BCUT2D eigenvalue weighted by atomic mass is 9.99. The summed E-state index contributed by atoms with van der Waals surface area (Å²) in [6.07, 6.45) is 1.12. The Balaban J connectivity index is 1.65. The van der Waals surface area contributed by atoms with Gasteiger partial charge in [0, 0.05) is 18.1 Å². The van der Waals surface area contributed by atoms with Crippen LogP contribution in [0, 0.1) is 5.92 Å². The normalized spacial score (nSPS) is 18.2. The van der Waals surface area contributed by atoms with Crippen LogP contribution < -0.4 is 4.80 Å². The van der Waals surface area contributed by atoms with E-state index in [1.807, 2.05) is 0 Å². The Labute approximate surface area is 197 Å². The number of carbonyl (C=O) groups is 2. The van der Waals surface area contributed by atoms with Gasteiger partial charge in [-0.1, -0.05) is 29.0 Å². The van der Waals surface area contributed by atoms with Crippen LogP contribution in [-0.2, 0) is 30.9 Å². The van der Waals surface area contributed by atoms with Crippen LogP contribution in [0.3, 0.4) is 0 Å². The van der Waals surface area contributed by atoms with E-state index in [2.05, 4.69) is 4.99 Å². The molecule has 1 aromatic carbocycles. The zero-order valence-corrected chi connectivity index (χ0v) is 20.3. The van der Waals surface area contributed by atoms with Crippen LogP contribution in [0.4, 0.5) is 0 Å². The lowest BCUT2D eigenvalue weighted by Gasteiger charge is -2.29. The number of aromatic nitrogens is 1. The molecule has 0 bridgehead atoms. The molecule has 12 heteroatoms. The fourth-order valence-electron chi connectivity index (χ4n) is 3.56. The number of thiophene rings is 1. The lowest BCUT2D eigenvalue weighted by Crippen LogP contribution is -2.42. The molecule has 3 aromatic rings. The Morgan fingerprint density at radius 1 is 1.31 bits per heavy atom. The maximum absolute atomic E-state index is 13.0. The summed E-state index contributed by atoms with van der Waals surface area (Å²) in [5, 5.41) is 2.24. The van der Waals surface area contributed by atoms with Gasteiger partial charge >= 0.3 is 5.97 Å². The fourth-order valence-corrected chi connectivity index (χ4v) is 7.54. The van der Waals surface area contributed by atoms with E-state index in [-0.39, 0.29) is 17.3 Å². The number of methoxy groups -OCH3 is 1. The second kappa shape index (κ2) is 9.44. The molecule has 1 aliphatic rings. The van der Waals surface area contributed by atoms with Gasteiger partial charge in [0.2, 0.25) is 0 Å². The van der Waals surface area contributed by atoms with E-state index in [4.69, 9.17) is 16.3 Å². The molecule has 2 aromatic heterocycles. The first-order valence-electron chi connectivity index (χ1n) is 9.77. The maximum Gasteiger partial charge on any atom is 0.325 e. The quantitative estimate of drug-likeness (QED) is 0.488. The lowest BCUT2D eigenvalue weighted by molar-refractivity contribution is -0.141. The summed E-state index contributed by atoms with van der Waals surface area (Å²) in [5.41, 5.74) is 0.710. The first kappa shape index (κ1) is 23.1. The monoisotopic (exact) mass is 513 g/mol. The third-order valence-corrected chi connectivity index (χ3v) is 9.70. The molecule has 1 unspecified atom stereocenters. The fraction of sp³-hybridized carbons (Fsp3) is 0.350. The number of piperidine rings is 1. The molecule has 1 fully saturated rings. The minimum atomic E-state index is -3.63. The van der Waals surface area contributed by atoms with Crippen molar-refractivity contribution >= 4 is 66.4 Å². The van der Waals surface area contributed by atoms with Crippen molar-refractivity contribution in [2.45, 2.75) is 23.6 Å². The van der Waals surface area contributed by atoms with Crippen molar-refractivity contribution in [3.05, 3.63) is 45.5 Å². The molecule has 3 heterocycles. The van der Waals surface area contributed by atoms with Gasteiger partial charge in [-0.05, 0) is 42.5 Å². The SMILES string of the molecule is COC(=O)Cn1c(=NC(=O)C2CCCN(S(=O)(=O)c3cccs3)C2)sc2cc(Cl)ccc21. The second-order valence-electron chi connectivity index (χ2n) is 7.24. The van der Waals surface area contributed by atoms with Crippen molar-refractivity contribution in [1.82, 2.24) is 8.87 Å². The number of halogens is 1. The summed E-state index contributed by atoms with van der Waals surface area (Å²) in [6.45, 7) is 0.345. The van der Waals surface area contributed by atoms with E-state index in [1.54, 1.807) is 40.3 Å². The highest BCUT2D eigenvalue weighted by molar-refractivity contribution is 7.91. The maximum atomic E-state index is 13.0. The molecule has 1 aliphatic heterocycles. The largest absolute Gasteiger partial charge is 0.468 e. The first-order valence-corrected chi connectivity index (χ1v) is 13.3. The van der Waals surface area contributed by atoms with Crippen molar-refractivity contribution in [1.29, 1.82) is 0 Å². The molecule has 170 valence electrons. The number of thiazole rings is 1. The number of hydrogen-bond acceptors (Lipinski definition) is 7. The van der Waals surface area contributed by atoms with Crippen LogP contribution in [-0.4, -0.2) is 49.4 Å². The summed E-state index contributed by atoms with van der Waals surface area (Å²) in [5.74, 6) is -1.44. The summed E-state index contributed by atoms with van der Waals surface area (Å²) >= 11 is 8.48. The smallest absolute Gasteiger partial charge is 0.325 e. The number of esters is 1. The highest BCUT2D eigenvalue weighted by Gasteiger charge is 2.33. The third-order valence-electron chi connectivity index (χ3n) is 5.19. The Hall–Kier alpha value is -2.05. The zero-order chi connectivity index (χ0) is 22.9. The van der Waals surface area contributed by atoms with Crippen molar-refractivity contribution in [3.63, 3.8) is 0 Å². The van der Waals surface area contributed by atoms with Gasteiger partial charge in [-0.2, -0.15) is 9.30 Å². The van der Waals surface area contributed by atoms with Crippen LogP contribution in [0.2, 0.25) is 5.02 Å². The zero-order valence-electron chi connectivity index (χ0n) is 17.1. The Morgan fingerprint density at radius 3 is 2.84 bits per heavy atom. The third kappa shape index (κ3) is 4.67. The topological polar surface area (TPSA) is 98.0 Å². The summed E-state index contributed by atoms with van der Waals surface area (Å²) in [4.78, 5) is 29.6.